The molecule has 0 bridgehead atoms. The van der Waals surface area contributed by atoms with Crippen LogP contribution in [0.15, 0.2) is 47.7 Å². The summed E-state index contributed by atoms with van der Waals surface area (Å²) in [6, 6.07) is 5.83. The third kappa shape index (κ3) is 5.79. The number of aromatic nitrogens is 3. The van der Waals surface area contributed by atoms with Crippen LogP contribution in [0.1, 0.15) is 42.7 Å². The Labute approximate surface area is 189 Å². The van der Waals surface area contributed by atoms with Crippen LogP contribution in [0.2, 0.25) is 0 Å². The van der Waals surface area contributed by atoms with Crippen LogP contribution in [0.3, 0.4) is 0 Å². The first-order chi connectivity index (χ1) is 15.8. The van der Waals surface area contributed by atoms with E-state index in [1.54, 1.807) is 6.07 Å². The van der Waals surface area contributed by atoms with Gasteiger partial charge in [-0.05, 0) is 30.2 Å². The number of hydrogen-bond donors (Lipinski definition) is 4. The number of pyridine rings is 3. The van der Waals surface area contributed by atoms with Crippen molar-refractivity contribution in [1.82, 2.24) is 25.6 Å². The maximum absolute atomic E-state index is 14.3. The zero-order valence-corrected chi connectivity index (χ0v) is 18.5. The maximum Gasteiger partial charge on any atom is 0.257 e. The zero-order valence-electron chi connectivity index (χ0n) is 18.5. The number of rotatable bonds is 8. The van der Waals surface area contributed by atoms with Crippen LogP contribution in [-0.2, 0) is 4.79 Å². The van der Waals surface area contributed by atoms with E-state index in [1.165, 1.54) is 43.7 Å². The van der Waals surface area contributed by atoms with Gasteiger partial charge in [0.1, 0.15) is 11.5 Å². The molecule has 0 atom stereocenters. The number of carbonyl (C=O) groups is 2. The van der Waals surface area contributed by atoms with E-state index in [4.69, 9.17) is 0 Å². The number of nitrogens with zero attached hydrogens (tertiary/aromatic N) is 2. The Bertz CT molecular complexity index is 1220. The fourth-order valence-electron chi connectivity index (χ4n) is 3.20. The highest BCUT2D eigenvalue weighted by molar-refractivity contribution is 6.00. The van der Waals surface area contributed by atoms with E-state index in [0.29, 0.717) is 23.6 Å². The number of carbonyl (C=O) groups excluding carboxylic acids is 2. The van der Waals surface area contributed by atoms with Crippen LogP contribution in [-0.4, -0.2) is 39.9 Å². The van der Waals surface area contributed by atoms with Crippen molar-refractivity contribution < 1.29 is 14.0 Å². The van der Waals surface area contributed by atoms with Crippen LogP contribution in [0, 0.1) is 5.82 Å². The Morgan fingerprint density at radius 2 is 1.88 bits per heavy atom. The minimum absolute atomic E-state index is 0.0652. The van der Waals surface area contributed by atoms with Crippen LogP contribution < -0.4 is 21.5 Å². The van der Waals surface area contributed by atoms with Gasteiger partial charge >= 0.3 is 0 Å². The van der Waals surface area contributed by atoms with Gasteiger partial charge in [-0.25, -0.2) is 4.39 Å². The molecular formula is C23H25FN6O3. The third-order valence-electron chi connectivity index (χ3n) is 4.78. The largest absolute Gasteiger partial charge is 0.355 e. The topological polar surface area (TPSA) is 129 Å². The lowest BCUT2D eigenvalue weighted by molar-refractivity contribution is -0.118. The van der Waals surface area contributed by atoms with E-state index >= 15 is 0 Å². The van der Waals surface area contributed by atoms with Gasteiger partial charge in [-0.15, -0.1) is 0 Å². The molecule has 4 N–H and O–H groups in total. The van der Waals surface area contributed by atoms with Crippen LogP contribution in [0.4, 0.5) is 15.8 Å². The Hall–Kier alpha value is -4.08. The monoisotopic (exact) mass is 452 g/mol. The standard InChI is InChI=1S/C23H25FN6O3/c1-13(2)20-19(11-15(23(33)30-20)21-17(24)5-4-7-27-21)29-18-6-8-25-12-16(18)22(32)28-10-9-26-14(3)31/h4-8,11-13H,9-10H2,1-3H3,(H,25,29)(H,26,31)(H,28,32)(H,30,33). The second kappa shape index (κ2) is 10.5. The minimum atomic E-state index is -0.616. The Morgan fingerprint density at radius 1 is 1.12 bits per heavy atom. The summed E-state index contributed by atoms with van der Waals surface area (Å²) in [5.41, 5.74) is 1.35. The van der Waals surface area contributed by atoms with Crippen LogP contribution in [0.5, 0.6) is 0 Å². The first-order valence-corrected chi connectivity index (χ1v) is 10.4. The van der Waals surface area contributed by atoms with Crippen molar-refractivity contribution in [2.24, 2.45) is 0 Å². The van der Waals surface area contributed by atoms with Crippen molar-refractivity contribution in [3.8, 4) is 11.3 Å². The van der Waals surface area contributed by atoms with Gasteiger partial charge in [-0.1, -0.05) is 13.8 Å². The fourth-order valence-corrected chi connectivity index (χ4v) is 3.20. The maximum atomic E-state index is 14.3. The van der Waals surface area contributed by atoms with Gasteiger partial charge in [0.05, 0.1) is 22.5 Å². The van der Waals surface area contributed by atoms with E-state index in [1.807, 2.05) is 13.8 Å². The summed E-state index contributed by atoms with van der Waals surface area (Å²) in [6.07, 6.45) is 4.35. The van der Waals surface area contributed by atoms with Gasteiger partial charge in [-0.2, -0.15) is 0 Å². The van der Waals surface area contributed by atoms with Gasteiger partial charge in [0, 0.05) is 44.3 Å². The Balaban J connectivity index is 1.95. The molecule has 3 heterocycles. The highest BCUT2D eigenvalue weighted by atomic mass is 19.1. The number of halogens is 1. The highest BCUT2D eigenvalue weighted by Gasteiger charge is 2.18. The summed E-state index contributed by atoms with van der Waals surface area (Å²) in [4.78, 5) is 47.2. The SMILES string of the molecule is CC(=O)NCCNC(=O)c1cnccc1Nc1cc(-c2ncccc2F)c(=O)[nH]c1C(C)C. The van der Waals surface area contributed by atoms with Crippen molar-refractivity contribution in [3.63, 3.8) is 0 Å². The van der Waals surface area contributed by atoms with Crippen LogP contribution in [0.25, 0.3) is 11.3 Å². The average molecular weight is 452 g/mol. The van der Waals surface area contributed by atoms with E-state index in [-0.39, 0.29) is 41.1 Å². The lowest BCUT2D eigenvalue weighted by Crippen LogP contribution is -2.34. The van der Waals surface area contributed by atoms with Gasteiger partial charge < -0.3 is 20.9 Å². The molecule has 0 unspecified atom stereocenters. The fraction of sp³-hybridized carbons (Fsp3) is 0.261. The minimum Gasteiger partial charge on any atom is -0.355 e. The smallest absolute Gasteiger partial charge is 0.257 e. The molecule has 0 saturated carbocycles. The lowest BCUT2D eigenvalue weighted by Gasteiger charge is -2.18. The molecule has 0 saturated heterocycles. The van der Waals surface area contributed by atoms with E-state index in [9.17, 15) is 18.8 Å². The average Bonchev–Trinajstić information content (AvgIpc) is 2.78. The molecule has 0 aromatic carbocycles. The molecule has 3 aromatic heterocycles. The molecule has 0 aliphatic carbocycles. The summed E-state index contributed by atoms with van der Waals surface area (Å²) >= 11 is 0. The molecule has 172 valence electrons. The van der Waals surface area contributed by atoms with Gasteiger partial charge in [-0.3, -0.25) is 24.4 Å². The molecule has 0 spiro atoms. The Morgan fingerprint density at radius 3 is 2.58 bits per heavy atom. The van der Waals surface area contributed by atoms with Crippen molar-refractivity contribution in [1.29, 1.82) is 0 Å². The molecule has 0 aliphatic heterocycles. The summed E-state index contributed by atoms with van der Waals surface area (Å²) in [7, 11) is 0. The summed E-state index contributed by atoms with van der Waals surface area (Å²) in [5, 5.41) is 8.50. The summed E-state index contributed by atoms with van der Waals surface area (Å²) < 4.78 is 14.3. The summed E-state index contributed by atoms with van der Waals surface area (Å²) in [5.74, 6) is -1.26. The number of aromatic amines is 1. The second-order valence-corrected chi connectivity index (χ2v) is 7.61. The first-order valence-electron chi connectivity index (χ1n) is 10.4. The lowest BCUT2D eigenvalue weighted by atomic mass is 10.0. The molecule has 0 radical (unpaired) electrons. The number of amides is 2. The summed E-state index contributed by atoms with van der Waals surface area (Å²) in [6.45, 7) is 5.73. The molecule has 0 fully saturated rings. The molecule has 0 aliphatic rings. The Kier molecular flexibility index (Phi) is 7.50. The normalized spacial score (nSPS) is 10.7. The van der Waals surface area contributed by atoms with E-state index < -0.39 is 11.4 Å². The molecule has 3 aromatic rings. The van der Waals surface area contributed by atoms with E-state index in [2.05, 4.69) is 30.9 Å². The number of nitrogens with one attached hydrogen (secondary N) is 4. The van der Waals surface area contributed by atoms with Crippen molar-refractivity contribution in [3.05, 3.63) is 70.3 Å². The predicted molar refractivity (Wildman–Crippen MR) is 123 cm³/mol. The molecule has 9 nitrogen and oxygen atoms in total. The van der Waals surface area contributed by atoms with Crippen molar-refractivity contribution >= 4 is 23.2 Å². The number of anilines is 2. The molecule has 33 heavy (non-hydrogen) atoms. The number of hydrogen-bond acceptors (Lipinski definition) is 6. The van der Waals surface area contributed by atoms with Gasteiger partial charge in [0.25, 0.3) is 11.5 Å². The van der Waals surface area contributed by atoms with Crippen molar-refractivity contribution in [2.75, 3.05) is 18.4 Å². The highest BCUT2D eigenvalue weighted by Crippen LogP contribution is 2.29. The molecule has 10 heteroatoms. The van der Waals surface area contributed by atoms with Crippen molar-refractivity contribution in [2.45, 2.75) is 26.7 Å². The molecule has 3 rings (SSSR count). The predicted octanol–water partition coefficient (Wildman–Crippen LogP) is 2.70. The van der Waals surface area contributed by atoms with E-state index in [0.717, 1.165) is 0 Å². The van der Waals surface area contributed by atoms with Crippen LogP contribution >= 0.6 is 0 Å². The third-order valence-corrected chi connectivity index (χ3v) is 4.78. The van der Waals surface area contributed by atoms with Gasteiger partial charge in [0.2, 0.25) is 5.91 Å². The molecule has 2 amide bonds. The quantitative estimate of drug-likeness (QED) is 0.389. The van der Waals surface area contributed by atoms with Gasteiger partial charge in [0.15, 0.2) is 0 Å². The first kappa shape index (κ1) is 23.6. The molecular weight excluding hydrogens is 427 g/mol. The zero-order chi connectivity index (χ0) is 24.0. The number of H-pyrrole nitrogens is 1. The second-order valence-electron chi connectivity index (χ2n) is 7.61.